The van der Waals surface area contributed by atoms with Gasteiger partial charge in [0.15, 0.2) is 11.6 Å². The number of benzene rings is 3. The molecule has 3 aromatic carbocycles. The van der Waals surface area contributed by atoms with E-state index in [0.29, 0.717) is 30.7 Å². The molecule has 35 heavy (non-hydrogen) atoms. The first-order valence-corrected chi connectivity index (χ1v) is 11.9. The summed E-state index contributed by atoms with van der Waals surface area (Å²) in [6, 6.07) is 26.8. The summed E-state index contributed by atoms with van der Waals surface area (Å²) in [4.78, 5) is 25.1. The number of aromatic nitrogens is 1. The Hall–Kier alpha value is -4.12. The fraction of sp³-hybridized carbons (Fsp3) is 0.200. The van der Waals surface area contributed by atoms with Crippen molar-refractivity contribution in [3.8, 4) is 5.75 Å². The molecule has 0 aliphatic rings. The molecule has 4 rings (SSSR count). The number of carbonyl (C=O) groups is 2. The predicted molar refractivity (Wildman–Crippen MR) is 140 cm³/mol. The van der Waals surface area contributed by atoms with Crippen LogP contribution in [0.15, 0.2) is 91.1 Å². The van der Waals surface area contributed by atoms with Crippen molar-refractivity contribution < 1.29 is 14.3 Å². The lowest BCUT2D eigenvalue weighted by Crippen LogP contribution is -2.08. The first kappa shape index (κ1) is 24.0. The third kappa shape index (κ3) is 6.48. The van der Waals surface area contributed by atoms with E-state index in [1.165, 1.54) is 0 Å². The SMILES string of the molecule is CCCOc1ccc(C(=O)Cc2ccc(Nc3ccc(CC(=O)c4cccn4C)cc3)cc2)cc1. The van der Waals surface area contributed by atoms with Gasteiger partial charge in [-0.25, -0.2) is 0 Å². The van der Waals surface area contributed by atoms with Crippen molar-refractivity contribution in [2.24, 2.45) is 7.05 Å². The zero-order valence-electron chi connectivity index (χ0n) is 20.2. The Labute approximate surface area is 206 Å². The van der Waals surface area contributed by atoms with Gasteiger partial charge in [-0.2, -0.15) is 0 Å². The van der Waals surface area contributed by atoms with Gasteiger partial charge in [0.1, 0.15) is 5.75 Å². The lowest BCUT2D eigenvalue weighted by atomic mass is 10.0. The molecule has 1 aromatic heterocycles. The second-order valence-corrected chi connectivity index (χ2v) is 8.60. The summed E-state index contributed by atoms with van der Waals surface area (Å²) in [6.45, 7) is 2.73. The van der Waals surface area contributed by atoms with Gasteiger partial charge in [-0.1, -0.05) is 31.2 Å². The normalized spacial score (nSPS) is 10.7. The molecule has 0 atom stereocenters. The van der Waals surface area contributed by atoms with Gasteiger partial charge in [0, 0.05) is 43.0 Å². The fourth-order valence-electron chi connectivity index (χ4n) is 3.85. The monoisotopic (exact) mass is 466 g/mol. The van der Waals surface area contributed by atoms with Crippen LogP contribution < -0.4 is 10.1 Å². The summed E-state index contributed by atoms with van der Waals surface area (Å²) in [5.41, 5.74) is 5.20. The van der Waals surface area contributed by atoms with E-state index in [1.54, 1.807) is 0 Å². The Morgan fingerprint density at radius 1 is 0.771 bits per heavy atom. The Bertz CT molecular complexity index is 1270. The van der Waals surface area contributed by atoms with E-state index in [-0.39, 0.29) is 11.6 Å². The van der Waals surface area contributed by atoms with Crippen LogP contribution in [0, 0.1) is 0 Å². The number of anilines is 2. The number of aryl methyl sites for hydroxylation is 1. The average Bonchev–Trinajstić information content (AvgIpc) is 3.31. The molecule has 0 aliphatic heterocycles. The van der Waals surface area contributed by atoms with E-state index in [0.717, 1.165) is 34.7 Å². The Morgan fingerprint density at radius 3 is 1.86 bits per heavy atom. The topological polar surface area (TPSA) is 60.3 Å². The highest BCUT2D eigenvalue weighted by Crippen LogP contribution is 2.20. The number of carbonyl (C=O) groups excluding carboxylic acids is 2. The van der Waals surface area contributed by atoms with Crippen LogP contribution in [0.1, 0.15) is 45.3 Å². The largest absolute Gasteiger partial charge is 0.494 e. The molecule has 0 bridgehead atoms. The Kier molecular flexibility index (Phi) is 7.78. The number of Topliss-reactive ketones (excluding diaryl/α,β-unsaturated/α-hetero) is 2. The van der Waals surface area contributed by atoms with Gasteiger partial charge in [0.2, 0.25) is 0 Å². The molecule has 0 amide bonds. The molecule has 0 radical (unpaired) electrons. The summed E-state index contributed by atoms with van der Waals surface area (Å²) in [5, 5.41) is 3.37. The number of rotatable bonds is 11. The van der Waals surface area contributed by atoms with E-state index >= 15 is 0 Å². The van der Waals surface area contributed by atoms with E-state index in [2.05, 4.69) is 12.2 Å². The van der Waals surface area contributed by atoms with Crippen molar-refractivity contribution in [1.82, 2.24) is 4.57 Å². The Balaban J connectivity index is 1.30. The maximum absolute atomic E-state index is 12.6. The molecule has 0 saturated heterocycles. The quantitative estimate of drug-likeness (QED) is 0.260. The average molecular weight is 467 g/mol. The lowest BCUT2D eigenvalue weighted by molar-refractivity contribution is 0.0980. The summed E-state index contributed by atoms with van der Waals surface area (Å²) in [5.74, 6) is 0.965. The number of ketones is 2. The number of nitrogens with one attached hydrogen (secondary N) is 1. The minimum atomic E-state index is 0.0771. The van der Waals surface area contributed by atoms with Crippen molar-refractivity contribution >= 4 is 22.9 Å². The van der Waals surface area contributed by atoms with Gasteiger partial charge in [0.25, 0.3) is 0 Å². The fourth-order valence-corrected chi connectivity index (χ4v) is 3.85. The number of nitrogens with zero attached hydrogens (tertiary/aromatic N) is 1. The van der Waals surface area contributed by atoms with Gasteiger partial charge in [-0.05, 0) is 78.2 Å². The van der Waals surface area contributed by atoms with Gasteiger partial charge < -0.3 is 14.6 Å². The molecule has 1 N–H and O–H groups in total. The summed E-state index contributed by atoms with van der Waals surface area (Å²) in [7, 11) is 1.88. The van der Waals surface area contributed by atoms with Crippen LogP contribution in [0.4, 0.5) is 11.4 Å². The zero-order chi connectivity index (χ0) is 24.6. The maximum Gasteiger partial charge on any atom is 0.183 e. The number of ether oxygens (including phenoxy) is 1. The predicted octanol–water partition coefficient (Wildman–Crippen LogP) is 6.41. The Morgan fingerprint density at radius 2 is 1.34 bits per heavy atom. The smallest absolute Gasteiger partial charge is 0.183 e. The third-order valence-corrected chi connectivity index (χ3v) is 5.80. The van der Waals surface area contributed by atoms with Crippen LogP contribution in [0.3, 0.4) is 0 Å². The minimum Gasteiger partial charge on any atom is -0.494 e. The highest BCUT2D eigenvalue weighted by Gasteiger charge is 2.10. The van der Waals surface area contributed by atoms with Crippen molar-refractivity contribution in [2.75, 3.05) is 11.9 Å². The second kappa shape index (κ2) is 11.3. The van der Waals surface area contributed by atoms with E-state index in [9.17, 15) is 9.59 Å². The summed E-state index contributed by atoms with van der Waals surface area (Å²) >= 11 is 0. The van der Waals surface area contributed by atoms with Crippen molar-refractivity contribution in [2.45, 2.75) is 26.2 Å². The van der Waals surface area contributed by atoms with Gasteiger partial charge in [-0.15, -0.1) is 0 Å². The first-order valence-electron chi connectivity index (χ1n) is 11.9. The van der Waals surface area contributed by atoms with E-state index in [1.807, 2.05) is 103 Å². The molecular weight excluding hydrogens is 436 g/mol. The van der Waals surface area contributed by atoms with Crippen LogP contribution in [0.25, 0.3) is 0 Å². The highest BCUT2D eigenvalue weighted by molar-refractivity contribution is 5.97. The van der Waals surface area contributed by atoms with Crippen LogP contribution >= 0.6 is 0 Å². The van der Waals surface area contributed by atoms with Crippen LogP contribution in [0.2, 0.25) is 0 Å². The third-order valence-electron chi connectivity index (χ3n) is 5.80. The molecule has 4 aromatic rings. The van der Waals surface area contributed by atoms with Crippen molar-refractivity contribution in [1.29, 1.82) is 0 Å². The van der Waals surface area contributed by atoms with Gasteiger partial charge >= 0.3 is 0 Å². The van der Waals surface area contributed by atoms with Crippen molar-refractivity contribution in [3.05, 3.63) is 114 Å². The molecule has 178 valence electrons. The van der Waals surface area contributed by atoms with Gasteiger partial charge in [-0.3, -0.25) is 9.59 Å². The highest BCUT2D eigenvalue weighted by atomic mass is 16.5. The zero-order valence-corrected chi connectivity index (χ0v) is 20.2. The molecule has 5 heteroatoms. The lowest BCUT2D eigenvalue weighted by Gasteiger charge is -2.09. The molecule has 0 unspecified atom stereocenters. The van der Waals surface area contributed by atoms with Crippen LogP contribution in [0.5, 0.6) is 5.75 Å². The second-order valence-electron chi connectivity index (χ2n) is 8.60. The van der Waals surface area contributed by atoms with Crippen LogP contribution in [-0.2, 0) is 19.9 Å². The number of hydrogen-bond acceptors (Lipinski definition) is 4. The first-order chi connectivity index (χ1) is 17.0. The number of hydrogen-bond donors (Lipinski definition) is 1. The van der Waals surface area contributed by atoms with Crippen LogP contribution in [-0.4, -0.2) is 22.7 Å². The molecule has 1 heterocycles. The minimum absolute atomic E-state index is 0.0771. The molecule has 5 nitrogen and oxygen atoms in total. The maximum atomic E-state index is 12.6. The summed E-state index contributed by atoms with van der Waals surface area (Å²) in [6.07, 6.45) is 3.55. The molecular formula is C30H30N2O3. The van der Waals surface area contributed by atoms with Crippen molar-refractivity contribution in [3.63, 3.8) is 0 Å². The molecule has 0 aliphatic carbocycles. The molecule has 0 fully saturated rings. The van der Waals surface area contributed by atoms with Gasteiger partial charge in [0.05, 0.1) is 12.3 Å². The molecule has 0 saturated carbocycles. The van der Waals surface area contributed by atoms with E-state index < -0.39 is 0 Å². The summed E-state index contributed by atoms with van der Waals surface area (Å²) < 4.78 is 7.42. The standard InChI is InChI=1S/C30H30N2O3/c1-3-19-35-27-16-10-24(11-17-27)29(33)20-22-6-12-25(13-7-22)31-26-14-8-23(9-15-26)21-30(34)28-5-4-18-32(28)2/h4-18,31H,3,19-21H2,1-2H3. The van der Waals surface area contributed by atoms with E-state index in [4.69, 9.17) is 4.74 Å². The molecule has 0 spiro atoms.